The van der Waals surface area contributed by atoms with Crippen LogP contribution in [0.25, 0.3) is 10.9 Å². The molecule has 0 aliphatic rings. The third-order valence-electron chi connectivity index (χ3n) is 2.72. The highest BCUT2D eigenvalue weighted by molar-refractivity contribution is 9.10. The van der Waals surface area contributed by atoms with Crippen molar-refractivity contribution in [2.45, 2.75) is 13.8 Å². The van der Waals surface area contributed by atoms with Crippen molar-refractivity contribution in [1.29, 1.82) is 0 Å². The molecule has 0 saturated heterocycles. The van der Waals surface area contributed by atoms with Gasteiger partial charge in [0.05, 0.1) is 5.52 Å². The Bertz CT molecular complexity index is 593. The maximum atomic E-state index is 11.0. The standard InChI is InChI=1S/C12H10BrNO2/c1-6-7(2)11(12(15)16)14-10-5-8(13)3-4-9(6)10/h3-5H,1-2H3,(H,15,16). The van der Waals surface area contributed by atoms with Crippen LogP contribution in [0.4, 0.5) is 0 Å². The highest BCUT2D eigenvalue weighted by atomic mass is 79.9. The molecular formula is C12H10BrNO2. The van der Waals surface area contributed by atoms with Gasteiger partial charge in [0.15, 0.2) is 5.69 Å². The predicted molar refractivity (Wildman–Crippen MR) is 65.9 cm³/mol. The second kappa shape index (κ2) is 3.87. The minimum atomic E-state index is -0.984. The molecule has 2 rings (SSSR count). The Labute approximate surface area is 101 Å². The molecule has 0 atom stereocenters. The fourth-order valence-electron chi connectivity index (χ4n) is 1.71. The molecule has 0 spiro atoms. The quantitative estimate of drug-likeness (QED) is 0.871. The molecule has 0 amide bonds. The fourth-order valence-corrected chi connectivity index (χ4v) is 2.06. The van der Waals surface area contributed by atoms with Gasteiger partial charge in [0.1, 0.15) is 0 Å². The Balaban J connectivity index is 2.88. The van der Waals surface area contributed by atoms with E-state index in [0.29, 0.717) is 5.52 Å². The van der Waals surface area contributed by atoms with Gasteiger partial charge in [-0.1, -0.05) is 22.0 Å². The molecular weight excluding hydrogens is 270 g/mol. The Morgan fingerprint density at radius 3 is 2.62 bits per heavy atom. The fraction of sp³-hybridized carbons (Fsp3) is 0.167. The van der Waals surface area contributed by atoms with E-state index in [1.165, 1.54) is 0 Å². The summed E-state index contributed by atoms with van der Waals surface area (Å²) in [6.45, 7) is 3.70. The van der Waals surface area contributed by atoms with E-state index in [-0.39, 0.29) is 5.69 Å². The number of hydrogen-bond donors (Lipinski definition) is 1. The molecule has 1 aromatic carbocycles. The molecule has 2 aromatic rings. The molecule has 0 aliphatic carbocycles. The van der Waals surface area contributed by atoms with Gasteiger partial charge in [-0.25, -0.2) is 9.78 Å². The molecule has 1 aromatic heterocycles. The van der Waals surface area contributed by atoms with Gasteiger partial charge in [0, 0.05) is 9.86 Å². The van der Waals surface area contributed by atoms with Crippen LogP contribution in [-0.2, 0) is 0 Å². The lowest BCUT2D eigenvalue weighted by Crippen LogP contribution is -2.05. The third-order valence-corrected chi connectivity index (χ3v) is 3.21. The number of nitrogens with zero attached hydrogens (tertiary/aromatic N) is 1. The number of aromatic nitrogens is 1. The minimum absolute atomic E-state index is 0.128. The van der Waals surface area contributed by atoms with Crippen molar-refractivity contribution in [3.05, 3.63) is 39.5 Å². The van der Waals surface area contributed by atoms with Crippen molar-refractivity contribution in [3.8, 4) is 0 Å². The van der Waals surface area contributed by atoms with E-state index in [4.69, 9.17) is 5.11 Å². The number of benzene rings is 1. The molecule has 82 valence electrons. The normalized spacial score (nSPS) is 10.7. The van der Waals surface area contributed by atoms with Crippen molar-refractivity contribution < 1.29 is 9.90 Å². The number of fused-ring (bicyclic) bond motifs is 1. The first-order valence-electron chi connectivity index (χ1n) is 4.80. The first kappa shape index (κ1) is 11.1. The van der Waals surface area contributed by atoms with Gasteiger partial charge in [0.25, 0.3) is 0 Å². The monoisotopic (exact) mass is 279 g/mol. The molecule has 1 N–H and O–H groups in total. The largest absolute Gasteiger partial charge is 0.477 e. The summed E-state index contributed by atoms with van der Waals surface area (Å²) in [5.41, 5.74) is 2.52. The molecule has 4 heteroatoms. The van der Waals surface area contributed by atoms with Gasteiger partial charge in [-0.05, 0) is 37.1 Å². The van der Waals surface area contributed by atoms with Gasteiger partial charge in [0.2, 0.25) is 0 Å². The molecule has 0 aliphatic heterocycles. The van der Waals surface area contributed by atoms with Crippen LogP contribution in [0.15, 0.2) is 22.7 Å². The smallest absolute Gasteiger partial charge is 0.354 e. The SMILES string of the molecule is Cc1c(C(=O)O)nc2cc(Br)ccc2c1C. The predicted octanol–water partition coefficient (Wildman–Crippen LogP) is 3.31. The molecule has 0 unspecified atom stereocenters. The number of carboxylic acid groups (broad SMARTS) is 1. The maximum absolute atomic E-state index is 11.0. The van der Waals surface area contributed by atoms with Crippen LogP contribution in [-0.4, -0.2) is 16.1 Å². The van der Waals surface area contributed by atoms with Crippen LogP contribution >= 0.6 is 15.9 Å². The highest BCUT2D eigenvalue weighted by Crippen LogP contribution is 2.25. The van der Waals surface area contributed by atoms with Gasteiger partial charge >= 0.3 is 5.97 Å². The first-order chi connectivity index (χ1) is 7.50. The minimum Gasteiger partial charge on any atom is -0.477 e. The summed E-state index contributed by atoms with van der Waals surface area (Å²) < 4.78 is 0.895. The zero-order valence-electron chi connectivity index (χ0n) is 8.91. The molecule has 16 heavy (non-hydrogen) atoms. The number of rotatable bonds is 1. The van der Waals surface area contributed by atoms with E-state index in [1.807, 2.05) is 25.1 Å². The summed E-state index contributed by atoms with van der Waals surface area (Å²) in [6, 6.07) is 5.70. The Morgan fingerprint density at radius 2 is 2.00 bits per heavy atom. The number of hydrogen-bond acceptors (Lipinski definition) is 2. The maximum Gasteiger partial charge on any atom is 0.354 e. The summed E-state index contributed by atoms with van der Waals surface area (Å²) in [5.74, 6) is -0.984. The Hall–Kier alpha value is -1.42. The lowest BCUT2D eigenvalue weighted by Gasteiger charge is -2.08. The first-order valence-corrected chi connectivity index (χ1v) is 5.59. The van der Waals surface area contributed by atoms with Crippen LogP contribution in [0, 0.1) is 13.8 Å². The molecule has 0 saturated carbocycles. The highest BCUT2D eigenvalue weighted by Gasteiger charge is 2.13. The number of pyridine rings is 1. The second-order valence-electron chi connectivity index (χ2n) is 3.68. The average molecular weight is 280 g/mol. The van der Waals surface area contributed by atoms with Gasteiger partial charge in [-0.3, -0.25) is 0 Å². The van der Waals surface area contributed by atoms with Crippen molar-refractivity contribution >= 4 is 32.8 Å². The number of aryl methyl sites for hydroxylation is 1. The van der Waals surface area contributed by atoms with E-state index in [1.54, 1.807) is 6.92 Å². The van der Waals surface area contributed by atoms with Crippen molar-refractivity contribution in [1.82, 2.24) is 4.98 Å². The van der Waals surface area contributed by atoms with E-state index in [2.05, 4.69) is 20.9 Å². The average Bonchev–Trinajstić information content (AvgIpc) is 2.22. The van der Waals surface area contributed by atoms with E-state index in [0.717, 1.165) is 21.0 Å². The summed E-state index contributed by atoms with van der Waals surface area (Å²) in [7, 11) is 0. The topological polar surface area (TPSA) is 50.2 Å². The number of carbonyl (C=O) groups is 1. The van der Waals surface area contributed by atoms with Crippen molar-refractivity contribution in [2.24, 2.45) is 0 Å². The second-order valence-corrected chi connectivity index (χ2v) is 4.59. The zero-order valence-corrected chi connectivity index (χ0v) is 10.5. The molecule has 0 radical (unpaired) electrons. The van der Waals surface area contributed by atoms with Crippen LogP contribution < -0.4 is 0 Å². The van der Waals surface area contributed by atoms with E-state index < -0.39 is 5.97 Å². The molecule has 0 fully saturated rings. The van der Waals surface area contributed by atoms with Crippen LogP contribution in [0.2, 0.25) is 0 Å². The van der Waals surface area contributed by atoms with E-state index in [9.17, 15) is 4.79 Å². The van der Waals surface area contributed by atoms with Crippen molar-refractivity contribution in [3.63, 3.8) is 0 Å². The Kier molecular flexibility index (Phi) is 2.68. The van der Waals surface area contributed by atoms with Crippen LogP contribution in [0.5, 0.6) is 0 Å². The molecule has 0 bridgehead atoms. The molecule has 1 heterocycles. The third kappa shape index (κ3) is 1.69. The van der Waals surface area contributed by atoms with Crippen molar-refractivity contribution in [2.75, 3.05) is 0 Å². The number of aromatic carboxylic acids is 1. The summed E-state index contributed by atoms with van der Waals surface area (Å²) >= 11 is 3.35. The number of carboxylic acids is 1. The Morgan fingerprint density at radius 1 is 1.31 bits per heavy atom. The lowest BCUT2D eigenvalue weighted by molar-refractivity contribution is 0.0690. The van der Waals surface area contributed by atoms with E-state index >= 15 is 0 Å². The molecule has 3 nitrogen and oxygen atoms in total. The lowest BCUT2D eigenvalue weighted by atomic mass is 10.0. The van der Waals surface area contributed by atoms with Crippen LogP contribution in [0.3, 0.4) is 0 Å². The van der Waals surface area contributed by atoms with Gasteiger partial charge in [-0.15, -0.1) is 0 Å². The summed E-state index contributed by atoms with van der Waals surface area (Å²) in [4.78, 5) is 15.2. The van der Waals surface area contributed by atoms with Crippen LogP contribution in [0.1, 0.15) is 21.6 Å². The van der Waals surface area contributed by atoms with Gasteiger partial charge < -0.3 is 5.11 Å². The van der Waals surface area contributed by atoms with Gasteiger partial charge in [-0.2, -0.15) is 0 Å². The zero-order chi connectivity index (χ0) is 11.9. The number of halogens is 1. The summed E-state index contributed by atoms with van der Waals surface area (Å²) in [5, 5.41) is 10.0. The summed E-state index contributed by atoms with van der Waals surface area (Å²) in [6.07, 6.45) is 0.